The van der Waals surface area contributed by atoms with Gasteiger partial charge in [-0.3, -0.25) is 0 Å². The van der Waals surface area contributed by atoms with Gasteiger partial charge >= 0.3 is 0 Å². The molecular formula is C78H54Br2+4. The quantitative estimate of drug-likeness (QED) is 0.133. The minimum Gasteiger partial charge on any atom is -1.00 e. The van der Waals surface area contributed by atoms with E-state index in [9.17, 15) is 0 Å². The van der Waals surface area contributed by atoms with Gasteiger partial charge in [-0.05, 0) is 69.8 Å². The van der Waals surface area contributed by atoms with E-state index >= 15 is 0 Å². The second kappa shape index (κ2) is 24.4. The molecule has 12 aliphatic carbocycles. The van der Waals surface area contributed by atoms with E-state index in [4.69, 9.17) is 0 Å². The fourth-order valence-corrected chi connectivity index (χ4v) is 12.0. The summed E-state index contributed by atoms with van der Waals surface area (Å²) in [6.07, 6.45) is 63.4. The molecule has 6 aromatic rings. The minimum atomic E-state index is 0. The Labute approximate surface area is 494 Å². The van der Waals surface area contributed by atoms with Crippen molar-refractivity contribution in [2.45, 2.75) is 38.5 Å². The van der Waals surface area contributed by atoms with Crippen molar-refractivity contribution < 1.29 is 34.0 Å². The summed E-state index contributed by atoms with van der Waals surface area (Å²) in [6.45, 7) is 0. The lowest BCUT2D eigenvalue weighted by atomic mass is 10.0. The van der Waals surface area contributed by atoms with Gasteiger partial charge in [0.2, 0.25) is 0 Å². The van der Waals surface area contributed by atoms with E-state index in [-0.39, 0.29) is 34.0 Å². The van der Waals surface area contributed by atoms with Crippen molar-refractivity contribution in [1.29, 1.82) is 0 Å². The molecule has 0 fully saturated rings. The summed E-state index contributed by atoms with van der Waals surface area (Å²) >= 11 is 0. The average Bonchev–Trinajstić information content (AvgIpc) is 4.38. The number of hydrogen-bond donors (Lipinski definition) is 0. The highest BCUT2D eigenvalue weighted by molar-refractivity contribution is 5.91. The highest BCUT2D eigenvalue weighted by Gasteiger charge is 2.33. The minimum absolute atomic E-state index is 0. The van der Waals surface area contributed by atoms with Crippen molar-refractivity contribution in [3.05, 3.63) is 392 Å². The molecule has 12 aliphatic rings. The molecule has 0 nitrogen and oxygen atoms in total. The largest absolute Gasteiger partial charge is 1.00 e. The summed E-state index contributed by atoms with van der Waals surface area (Å²) in [5, 5.41) is 0. The first-order chi connectivity index (χ1) is 38.7. The Morgan fingerprint density at radius 1 is 0.200 bits per heavy atom. The van der Waals surface area contributed by atoms with Crippen molar-refractivity contribution in [3.63, 3.8) is 0 Å². The van der Waals surface area contributed by atoms with Crippen molar-refractivity contribution in [1.82, 2.24) is 0 Å². The SMILES string of the molecule is [Br-].[Br-].[C+]1=C2Cc3ccccc3C2=CC=C1.[C+]1=C2Cc3ccccc3C2=CC=C1.[C+]1=C2Cc3ccccc3C2=CC=C1.[C+]1=C2Cc3ccccc3C2=CC=C1.[C+]1=C2Cc3ccccc3C2=CC=C1.[C+]1=C2Cc3ccccc3C2=CC=C1. The topological polar surface area (TPSA) is 0 Å². The number of allylic oxidation sites excluding steroid dienone is 36. The first-order valence-electron chi connectivity index (χ1n) is 27.2. The molecule has 0 heterocycles. The summed E-state index contributed by atoms with van der Waals surface area (Å²) in [6, 6.07) is 51.5. The monoisotopic (exact) mass is 1150 g/mol. The molecule has 18 rings (SSSR count). The van der Waals surface area contributed by atoms with Crippen LogP contribution in [0.15, 0.2) is 288 Å². The van der Waals surface area contributed by atoms with Crippen LogP contribution in [0.1, 0.15) is 66.8 Å². The molecule has 0 saturated heterocycles. The maximum absolute atomic E-state index is 3.30. The van der Waals surface area contributed by atoms with Crippen LogP contribution < -0.4 is 34.0 Å². The van der Waals surface area contributed by atoms with E-state index in [1.54, 1.807) is 0 Å². The molecule has 0 amide bonds. The normalized spacial score (nSPS) is 16.5. The summed E-state index contributed by atoms with van der Waals surface area (Å²) in [5.41, 5.74) is 33.1. The molecule has 2 heteroatoms. The van der Waals surface area contributed by atoms with E-state index in [1.165, 1.54) is 134 Å². The van der Waals surface area contributed by atoms with Gasteiger partial charge in [0, 0.05) is 145 Å². The number of benzene rings is 6. The van der Waals surface area contributed by atoms with Gasteiger partial charge in [-0.1, -0.05) is 109 Å². The fraction of sp³-hybridized carbons (Fsp3) is 0.0769. The van der Waals surface area contributed by atoms with Crippen LogP contribution in [-0.4, -0.2) is 0 Å². The highest BCUT2D eigenvalue weighted by atomic mass is 79.9. The van der Waals surface area contributed by atoms with Gasteiger partial charge < -0.3 is 34.0 Å². The van der Waals surface area contributed by atoms with Gasteiger partial charge in [0.15, 0.2) is 0 Å². The number of fused-ring (bicyclic) bond motifs is 18. The Morgan fingerprint density at radius 3 is 0.512 bits per heavy atom. The lowest BCUT2D eigenvalue weighted by Crippen LogP contribution is -3.00. The molecule has 0 N–H and O–H groups in total. The molecule has 6 aromatic carbocycles. The van der Waals surface area contributed by atoms with Crippen molar-refractivity contribution in [2.24, 2.45) is 0 Å². The zero-order valence-corrected chi connectivity index (χ0v) is 47.4. The Hall–Kier alpha value is -8.94. The van der Waals surface area contributed by atoms with Crippen LogP contribution in [0.2, 0.25) is 0 Å². The van der Waals surface area contributed by atoms with Crippen molar-refractivity contribution >= 4 is 33.4 Å². The van der Waals surface area contributed by atoms with Gasteiger partial charge in [0.25, 0.3) is 0 Å². The van der Waals surface area contributed by atoms with E-state index in [0.29, 0.717) is 0 Å². The van der Waals surface area contributed by atoms with Gasteiger partial charge in [-0.25, -0.2) is 0 Å². The molecule has 80 heavy (non-hydrogen) atoms. The Kier molecular flexibility index (Phi) is 16.2. The smallest absolute Gasteiger partial charge is 0.128 e. The zero-order valence-electron chi connectivity index (χ0n) is 44.2. The van der Waals surface area contributed by atoms with Crippen LogP contribution in [0, 0.1) is 36.5 Å². The third kappa shape index (κ3) is 10.9. The van der Waals surface area contributed by atoms with E-state index < -0.39 is 0 Å². The summed E-state index contributed by atoms with van der Waals surface area (Å²) < 4.78 is 0. The predicted molar refractivity (Wildman–Crippen MR) is 324 cm³/mol. The third-order valence-corrected chi connectivity index (χ3v) is 15.7. The summed E-state index contributed by atoms with van der Waals surface area (Å²) in [4.78, 5) is 0. The molecule has 0 aromatic heterocycles. The van der Waals surface area contributed by atoms with Gasteiger partial charge in [0.05, 0.1) is 69.9 Å². The maximum Gasteiger partial charge on any atom is 0.128 e. The van der Waals surface area contributed by atoms with E-state index in [1.807, 2.05) is 36.5 Å². The Morgan fingerprint density at radius 2 is 0.350 bits per heavy atom. The second-order valence-electron chi connectivity index (χ2n) is 20.4. The van der Waals surface area contributed by atoms with Crippen LogP contribution in [0.5, 0.6) is 0 Å². The zero-order chi connectivity index (χ0) is 52.0. The van der Waals surface area contributed by atoms with Gasteiger partial charge in [0.1, 0.15) is 69.9 Å². The van der Waals surface area contributed by atoms with Crippen LogP contribution >= 0.6 is 0 Å². The molecule has 0 saturated carbocycles. The highest BCUT2D eigenvalue weighted by Crippen LogP contribution is 2.42. The summed E-state index contributed by atoms with van der Waals surface area (Å²) in [7, 11) is 0. The molecule has 0 aliphatic heterocycles. The van der Waals surface area contributed by atoms with Crippen molar-refractivity contribution in [2.75, 3.05) is 0 Å². The lowest BCUT2D eigenvalue weighted by Gasteiger charge is -1.93. The van der Waals surface area contributed by atoms with Crippen LogP contribution in [-0.2, 0) is 38.5 Å². The average molecular weight is 1150 g/mol. The van der Waals surface area contributed by atoms with E-state index in [0.717, 1.165) is 38.5 Å². The van der Waals surface area contributed by atoms with Gasteiger partial charge in [-0.2, -0.15) is 0 Å². The summed E-state index contributed by atoms with van der Waals surface area (Å²) in [5.74, 6) is 0. The molecule has 0 unspecified atom stereocenters. The first-order valence-corrected chi connectivity index (χ1v) is 27.2. The van der Waals surface area contributed by atoms with E-state index in [2.05, 4.69) is 255 Å². The van der Waals surface area contributed by atoms with Crippen molar-refractivity contribution in [3.8, 4) is 0 Å². The standard InChI is InChI=1S/6C13H9.2BrH/c6*1-3-7-12-10(5-1)9-11-6-2-4-8-13(11)12;;/h6*1-5,7-8H,9H2;2*1H/q6*+1;;/p-2. The van der Waals surface area contributed by atoms with Crippen LogP contribution in [0.25, 0.3) is 33.4 Å². The molecule has 0 bridgehead atoms. The first kappa shape index (κ1) is 53.1. The maximum atomic E-state index is 3.30. The molecule has 376 valence electrons. The molecule has 0 spiro atoms. The predicted octanol–water partition coefficient (Wildman–Crippen LogP) is 11.6. The Bertz CT molecular complexity index is 3360. The number of hydrogen-bond acceptors (Lipinski definition) is 0. The number of halogens is 2. The molecule has 0 radical (unpaired) electrons. The third-order valence-electron chi connectivity index (χ3n) is 15.7. The fourth-order valence-electron chi connectivity index (χ4n) is 12.0. The van der Waals surface area contributed by atoms with Gasteiger partial charge in [-0.15, -0.1) is 0 Å². The molecular weight excluding hydrogens is 1100 g/mol. The Balaban J connectivity index is 0.000000101. The lowest BCUT2D eigenvalue weighted by molar-refractivity contribution is -0.001000. The second-order valence-corrected chi connectivity index (χ2v) is 20.4. The number of rotatable bonds is 0. The molecule has 0 atom stereocenters. The van der Waals surface area contributed by atoms with Crippen LogP contribution in [0.3, 0.4) is 0 Å². The van der Waals surface area contributed by atoms with Crippen LogP contribution in [0.4, 0.5) is 0 Å².